The quantitative estimate of drug-likeness (QED) is 0.418. The summed E-state index contributed by atoms with van der Waals surface area (Å²) < 4.78 is 0. The molecule has 0 bridgehead atoms. The van der Waals surface area contributed by atoms with Gasteiger partial charge in [-0.15, -0.1) is 0 Å². The summed E-state index contributed by atoms with van der Waals surface area (Å²) in [6, 6.07) is 4.92. The second kappa shape index (κ2) is 6.38. The van der Waals surface area contributed by atoms with E-state index in [2.05, 4.69) is 5.43 Å². The summed E-state index contributed by atoms with van der Waals surface area (Å²) in [5.41, 5.74) is 2.79. The van der Waals surface area contributed by atoms with Crippen LogP contribution in [-0.2, 0) is 6.54 Å². The topological polar surface area (TPSA) is 105 Å². The van der Waals surface area contributed by atoms with Gasteiger partial charge in [0.25, 0.3) is 5.69 Å². The van der Waals surface area contributed by atoms with E-state index in [0.717, 1.165) is 31.2 Å². The molecule has 7 nitrogen and oxygen atoms in total. The van der Waals surface area contributed by atoms with E-state index in [1.807, 2.05) is 11.9 Å². The highest BCUT2D eigenvalue weighted by atomic mass is 16.6. The third-order valence-corrected chi connectivity index (χ3v) is 3.97. The van der Waals surface area contributed by atoms with Crippen LogP contribution < -0.4 is 11.3 Å². The van der Waals surface area contributed by atoms with Gasteiger partial charge in [-0.2, -0.15) is 0 Å². The summed E-state index contributed by atoms with van der Waals surface area (Å²) in [5.74, 6) is 5.27. The second-order valence-corrected chi connectivity index (χ2v) is 5.86. The molecule has 0 spiro atoms. The first-order valence-electron chi connectivity index (χ1n) is 7.08. The molecule has 0 unspecified atom stereocenters. The highest BCUT2D eigenvalue weighted by Crippen LogP contribution is 2.30. The summed E-state index contributed by atoms with van der Waals surface area (Å²) in [7, 11) is 1.91. The molecule has 0 radical (unpaired) electrons. The number of anilines is 1. The zero-order valence-electron chi connectivity index (χ0n) is 12.2. The van der Waals surface area contributed by atoms with Crippen LogP contribution in [0.15, 0.2) is 18.2 Å². The lowest BCUT2D eigenvalue weighted by atomic mass is 10.0. The number of rotatable bonds is 6. The average Bonchev–Trinajstić information content (AvgIpc) is 2.84. The molecule has 1 saturated carbocycles. The SMILES string of the molecule is CN(Cc1ccc(NN)c([N+](=O)[O-])c1)CC1(O)CCCC1. The number of hydrogen-bond donors (Lipinski definition) is 3. The van der Waals surface area contributed by atoms with Gasteiger partial charge in [-0.05, 0) is 31.5 Å². The first-order valence-corrected chi connectivity index (χ1v) is 7.08. The number of likely N-dealkylation sites (N-methyl/N-ethyl adjacent to an activating group) is 1. The van der Waals surface area contributed by atoms with E-state index in [1.165, 1.54) is 6.07 Å². The van der Waals surface area contributed by atoms with Crippen molar-refractivity contribution in [2.45, 2.75) is 37.8 Å². The zero-order valence-corrected chi connectivity index (χ0v) is 12.2. The van der Waals surface area contributed by atoms with E-state index in [0.29, 0.717) is 18.8 Å². The maximum absolute atomic E-state index is 11.0. The highest BCUT2D eigenvalue weighted by molar-refractivity contribution is 5.61. The summed E-state index contributed by atoms with van der Waals surface area (Å²) in [5, 5.41) is 21.4. The van der Waals surface area contributed by atoms with Gasteiger partial charge in [0.15, 0.2) is 0 Å². The van der Waals surface area contributed by atoms with E-state index in [4.69, 9.17) is 5.84 Å². The van der Waals surface area contributed by atoms with Crippen LogP contribution in [0.1, 0.15) is 31.2 Å². The van der Waals surface area contributed by atoms with Crippen LogP contribution in [0.5, 0.6) is 0 Å². The molecule has 1 aromatic rings. The Kier molecular flexibility index (Phi) is 4.76. The summed E-state index contributed by atoms with van der Waals surface area (Å²) in [6.07, 6.45) is 3.78. The van der Waals surface area contributed by atoms with Gasteiger partial charge in [-0.1, -0.05) is 18.9 Å². The Bertz CT molecular complexity index is 515. The molecular formula is C14H22N4O3. The summed E-state index contributed by atoms with van der Waals surface area (Å²) in [6.45, 7) is 1.13. The molecule has 1 aliphatic carbocycles. The molecule has 116 valence electrons. The maximum atomic E-state index is 11.0. The fourth-order valence-corrected chi connectivity index (χ4v) is 3.01. The van der Waals surface area contributed by atoms with Crippen LogP contribution in [0.3, 0.4) is 0 Å². The van der Waals surface area contributed by atoms with Gasteiger partial charge in [-0.25, -0.2) is 0 Å². The van der Waals surface area contributed by atoms with E-state index in [-0.39, 0.29) is 5.69 Å². The number of nitrogens with two attached hydrogens (primary N) is 1. The Morgan fingerprint density at radius 3 is 2.71 bits per heavy atom. The Morgan fingerprint density at radius 2 is 2.14 bits per heavy atom. The smallest absolute Gasteiger partial charge is 0.293 e. The number of nitro benzene ring substituents is 1. The first kappa shape index (κ1) is 15.7. The molecule has 1 aromatic carbocycles. The Morgan fingerprint density at radius 1 is 1.48 bits per heavy atom. The van der Waals surface area contributed by atoms with Crippen molar-refractivity contribution in [2.24, 2.45) is 5.84 Å². The van der Waals surface area contributed by atoms with Crippen molar-refractivity contribution < 1.29 is 10.0 Å². The van der Waals surface area contributed by atoms with Crippen molar-refractivity contribution in [1.29, 1.82) is 0 Å². The molecule has 21 heavy (non-hydrogen) atoms. The van der Waals surface area contributed by atoms with E-state index >= 15 is 0 Å². The average molecular weight is 294 g/mol. The van der Waals surface area contributed by atoms with Gasteiger partial charge in [0, 0.05) is 19.2 Å². The lowest BCUT2D eigenvalue weighted by Gasteiger charge is -2.28. The van der Waals surface area contributed by atoms with Crippen molar-refractivity contribution in [1.82, 2.24) is 4.90 Å². The molecule has 2 rings (SSSR count). The van der Waals surface area contributed by atoms with Gasteiger partial charge in [0.1, 0.15) is 5.69 Å². The first-order chi connectivity index (χ1) is 9.93. The third kappa shape index (κ3) is 3.90. The number of benzene rings is 1. The Labute approximate surface area is 123 Å². The molecule has 0 saturated heterocycles. The number of hydrogen-bond acceptors (Lipinski definition) is 6. The maximum Gasteiger partial charge on any atom is 0.293 e. The van der Waals surface area contributed by atoms with Crippen molar-refractivity contribution in [3.8, 4) is 0 Å². The Balaban J connectivity index is 2.05. The van der Waals surface area contributed by atoms with Gasteiger partial charge in [0.05, 0.1) is 10.5 Å². The standard InChI is InChI=1S/C14H22N4O3/c1-17(10-14(19)6-2-3-7-14)9-11-4-5-12(16-15)13(8-11)18(20)21/h4-5,8,16,19H,2-3,6-7,9-10,15H2,1H3. The van der Waals surface area contributed by atoms with Gasteiger partial charge >= 0.3 is 0 Å². The predicted octanol–water partition coefficient (Wildman–Crippen LogP) is 1.62. The number of nitrogen functional groups attached to an aromatic ring is 1. The molecule has 1 fully saturated rings. The Hall–Kier alpha value is -1.70. The molecule has 0 atom stereocenters. The molecule has 0 amide bonds. The minimum atomic E-state index is -0.612. The van der Waals surface area contributed by atoms with E-state index in [9.17, 15) is 15.2 Å². The van der Waals surface area contributed by atoms with Gasteiger partial charge < -0.3 is 10.5 Å². The van der Waals surface area contributed by atoms with Crippen molar-refractivity contribution >= 4 is 11.4 Å². The number of hydrazine groups is 1. The van der Waals surface area contributed by atoms with Crippen LogP contribution in [-0.4, -0.2) is 34.1 Å². The normalized spacial score (nSPS) is 17.1. The zero-order chi connectivity index (χ0) is 15.5. The minimum absolute atomic E-state index is 0.0389. The number of aliphatic hydroxyl groups is 1. The molecule has 0 aromatic heterocycles. The molecule has 7 heteroatoms. The summed E-state index contributed by atoms with van der Waals surface area (Å²) >= 11 is 0. The molecule has 1 aliphatic rings. The molecule has 0 aliphatic heterocycles. The number of nitrogens with one attached hydrogen (secondary N) is 1. The molecule has 0 heterocycles. The van der Waals surface area contributed by atoms with Crippen LogP contribution >= 0.6 is 0 Å². The van der Waals surface area contributed by atoms with E-state index < -0.39 is 10.5 Å². The van der Waals surface area contributed by atoms with Gasteiger partial charge in [-0.3, -0.25) is 20.9 Å². The number of nitro groups is 1. The van der Waals surface area contributed by atoms with Crippen LogP contribution in [0.2, 0.25) is 0 Å². The van der Waals surface area contributed by atoms with Gasteiger partial charge in [0.2, 0.25) is 0 Å². The summed E-state index contributed by atoms with van der Waals surface area (Å²) in [4.78, 5) is 12.5. The third-order valence-electron chi connectivity index (χ3n) is 3.97. The fourth-order valence-electron chi connectivity index (χ4n) is 3.01. The number of nitrogens with zero attached hydrogens (tertiary/aromatic N) is 2. The van der Waals surface area contributed by atoms with Crippen LogP contribution in [0, 0.1) is 10.1 Å². The monoisotopic (exact) mass is 294 g/mol. The second-order valence-electron chi connectivity index (χ2n) is 5.86. The highest BCUT2D eigenvalue weighted by Gasteiger charge is 2.32. The largest absolute Gasteiger partial charge is 0.389 e. The molecular weight excluding hydrogens is 272 g/mol. The lowest BCUT2D eigenvalue weighted by Crippen LogP contribution is -2.38. The van der Waals surface area contributed by atoms with Crippen molar-refractivity contribution in [3.05, 3.63) is 33.9 Å². The lowest BCUT2D eigenvalue weighted by molar-refractivity contribution is -0.384. The van der Waals surface area contributed by atoms with E-state index in [1.54, 1.807) is 12.1 Å². The molecule has 4 N–H and O–H groups in total. The minimum Gasteiger partial charge on any atom is -0.389 e. The van der Waals surface area contributed by atoms with Crippen LogP contribution in [0.25, 0.3) is 0 Å². The van der Waals surface area contributed by atoms with Crippen molar-refractivity contribution in [2.75, 3.05) is 19.0 Å². The fraction of sp³-hybridized carbons (Fsp3) is 0.571. The predicted molar refractivity (Wildman–Crippen MR) is 80.7 cm³/mol. The van der Waals surface area contributed by atoms with Crippen molar-refractivity contribution in [3.63, 3.8) is 0 Å². The van der Waals surface area contributed by atoms with Crippen LogP contribution in [0.4, 0.5) is 11.4 Å².